The van der Waals surface area contributed by atoms with Crippen LogP contribution in [0.2, 0.25) is 0 Å². The summed E-state index contributed by atoms with van der Waals surface area (Å²) in [5, 5.41) is 32.3. The zero-order valence-corrected chi connectivity index (χ0v) is 17.1. The largest absolute Gasteiger partial charge is 0.463 e. The molecular formula is C20H29N3O7. The van der Waals surface area contributed by atoms with Crippen molar-refractivity contribution in [1.82, 2.24) is 10.2 Å². The van der Waals surface area contributed by atoms with Gasteiger partial charge >= 0.3 is 0 Å². The molecule has 0 unspecified atom stereocenters. The van der Waals surface area contributed by atoms with Crippen molar-refractivity contribution in [2.24, 2.45) is 0 Å². The number of ether oxygens (including phenoxy) is 2. The van der Waals surface area contributed by atoms with Crippen molar-refractivity contribution in [3.8, 4) is 5.75 Å². The fourth-order valence-corrected chi connectivity index (χ4v) is 3.72. The molecule has 4 N–H and O–H groups in total. The Morgan fingerprint density at radius 2 is 1.73 bits per heavy atom. The van der Waals surface area contributed by atoms with Gasteiger partial charge in [0.2, 0.25) is 18.1 Å². The molecule has 5 atom stereocenters. The van der Waals surface area contributed by atoms with Crippen LogP contribution in [0.4, 0.5) is 5.69 Å². The predicted octanol–water partition coefficient (Wildman–Crippen LogP) is -1.32. The van der Waals surface area contributed by atoms with E-state index < -0.39 is 43.2 Å². The van der Waals surface area contributed by atoms with E-state index in [0.29, 0.717) is 18.8 Å². The highest BCUT2D eigenvalue weighted by atomic mass is 16.7. The van der Waals surface area contributed by atoms with Gasteiger partial charge in [-0.3, -0.25) is 9.59 Å². The molecule has 2 aliphatic rings. The maximum Gasteiger partial charge on any atom is 0.223 e. The Hall–Kier alpha value is -2.40. The summed E-state index contributed by atoms with van der Waals surface area (Å²) in [5.41, 5.74) is 0.984. The molecule has 0 aliphatic carbocycles. The quantitative estimate of drug-likeness (QED) is 0.459. The Balaban J connectivity index is 1.67. The number of carbonyl (C=O) groups is 2. The summed E-state index contributed by atoms with van der Waals surface area (Å²) in [7, 11) is 0. The molecule has 0 bridgehead atoms. The lowest BCUT2D eigenvalue weighted by atomic mass is 9.97. The Morgan fingerprint density at radius 1 is 1.10 bits per heavy atom. The van der Waals surface area contributed by atoms with E-state index in [0.717, 1.165) is 18.8 Å². The Labute approximate surface area is 175 Å². The molecule has 0 aromatic heterocycles. The number of amides is 2. The molecule has 10 heteroatoms. The van der Waals surface area contributed by atoms with Crippen molar-refractivity contribution >= 4 is 17.5 Å². The lowest BCUT2D eigenvalue weighted by Gasteiger charge is -2.42. The summed E-state index contributed by atoms with van der Waals surface area (Å²) in [6.07, 6.45) is -4.84. The molecule has 0 radical (unpaired) electrons. The van der Waals surface area contributed by atoms with E-state index in [1.807, 2.05) is 17.0 Å². The fraction of sp³-hybridized carbons (Fsp3) is 0.600. The molecule has 166 valence electrons. The molecule has 10 nitrogen and oxygen atoms in total. The highest BCUT2D eigenvalue weighted by Gasteiger charge is 2.46. The first-order chi connectivity index (χ1) is 14.3. The second kappa shape index (κ2) is 9.61. The van der Waals surface area contributed by atoms with Crippen molar-refractivity contribution in [3.05, 3.63) is 24.3 Å². The van der Waals surface area contributed by atoms with Gasteiger partial charge < -0.3 is 39.9 Å². The molecule has 2 fully saturated rings. The van der Waals surface area contributed by atoms with Crippen LogP contribution < -0.4 is 15.0 Å². The maximum atomic E-state index is 11.5. The molecule has 2 amide bonds. The van der Waals surface area contributed by atoms with Crippen LogP contribution in [-0.4, -0.2) is 95.5 Å². The number of aliphatic hydroxyl groups is 3. The number of nitrogens with one attached hydrogen (secondary N) is 1. The van der Waals surface area contributed by atoms with Gasteiger partial charge in [0, 0.05) is 45.7 Å². The Kier molecular flexibility index (Phi) is 7.14. The summed E-state index contributed by atoms with van der Waals surface area (Å²) in [6, 6.07) is 6.24. The van der Waals surface area contributed by atoms with E-state index in [-0.39, 0.29) is 5.91 Å². The number of benzene rings is 1. The summed E-state index contributed by atoms with van der Waals surface area (Å²) in [4.78, 5) is 26.9. The van der Waals surface area contributed by atoms with Crippen LogP contribution in [0.15, 0.2) is 24.3 Å². The van der Waals surface area contributed by atoms with Gasteiger partial charge in [0.05, 0.1) is 6.61 Å². The highest BCUT2D eigenvalue weighted by Crippen LogP contribution is 2.26. The minimum Gasteiger partial charge on any atom is -0.463 e. The number of hydrogen-bond donors (Lipinski definition) is 4. The number of aliphatic hydroxyl groups excluding tert-OH is 3. The van der Waals surface area contributed by atoms with Gasteiger partial charge in [-0.1, -0.05) is 0 Å². The minimum absolute atomic E-state index is 0.0769. The van der Waals surface area contributed by atoms with Crippen molar-refractivity contribution in [2.45, 2.75) is 44.5 Å². The van der Waals surface area contributed by atoms with E-state index in [9.17, 15) is 24.9 Å². The molecule has 2 saturated heterocycles. The summed E-state index contributed by atoms with van der Waals surface area (Å²) in [5.74, 6) is 0.112. The number of nitrogens with zero attached hydrogens (tertiary/aromatic N) is 2. The second-order valence-corrected chi connectivity index (χ2v) is 7.54. The Bertz CT molecular complexity index is 736. The molecule has 1 aromatic rings. The fourth-order valence-electron chi connectivity index (χ4n) is 3.72. The lowest BCUT2D eigenvalue weighted by molar-refractivity contribution is -0.244. The molecule has 30 heavy (non-hydrogen) atoms. The summed E-state index contributed by atoms with van der Waals surface area (Å²) < 4.78 is 11.4. The van der Waals surface area contributed by atoms with Gasteiger partial charge in [-0.25, -0.2) is 0 Å². The van der Waals surface area contributed by atoms with Crippen molar-refractivity contribution in [1.29, 1.82) is 0 Å². The van der Waals surface area contributed by atoms with Crippen molar-refractivity contribution in [3.63, 3.8) is 0 Å². The van der Waals surface area contributed by atoms with E-state index in [1.165, 1.54) is 6.92 Å². The smallest absolute Gasteiger partial charge is 0.223 e. The molecule has 0 saturated carbocycles. The van der Waals surface area contributed by atoms with E-state index in [4.69, 9.17) is 9.47 Å². The number of rotatable bonds is 5. The van der Waals surface area contributed by atoms with Gasteiger partial charge in [-0.15, -0.1) is 0 Å². The van der Waals surface area contributed by atoms with E-state index in [2.05, 4.69) is 10.2 Å². The number of hydrogen-bond acceptors (Lipinski definition) is 8. The third-order valence-electron chi connectivity index (χ3n) is 5.43. The molecule has 3 rings (SSSR count). The average molecular weight is 423 g/mol. The molecule has 1 aromatic carbocycles. The first-order valence-corrected chi connectivity index (χ1v) is 9.97. The van der Waals surface area contributed by atoms with Crippen molar-refractivity contribution < 1.29 is 34.4 Å². The number of anilines is 1. The van der Waals surface area contributed by atoms with E-state index in [1.54, 1.807) is 19.1 Å². The zero-order valence-electron chi connectivity index (χ0n) is 17.1. The third-order valence-corrected chi connectivity index (χ3v) is 5.43. The van der Waals surface area contributed by atoms with E-state index >= 15 is 0 Å². The molecule has 0 spiro atoms. The predicted molar refractivity (Wildman–Crippen MR) is 107 cm³/mol. The zero-order chi connectivity index (χ0) is 21.8. The summed E-state index contributed by atoms with van der Waals surface area (Å²) >= 11 is 0. The van der Waals surface area contributed by atoms with Crippen LogP contribution in [0.3, 0.4) is 0 Å². The van der Waals surface area contributed by atoms with Crippen LogP contribution in [-0.2, 0) is 14.3 Å². The molecule has 2 heterocycles. The average Bonchev–Trinajstić information content (AvgIpc) is 2.73. The van der Waals surface area contributed by atoms with Gasteiger partial charge in [0.15, 0.2) is 0 Å². The number of carbonyl (C=O) groups excluding carboxylic acids is 2. The molecular weight excluding hydrogens is 394 g/mol. The first-order valence-electron chi connectivity index (χ1n) is 9.97. The van der Waals surface area contributed by atoms with Crippen LogP contribution in [0.25, 0.3) is 0 Å². The maximum absolute atomic E-state index is 11.5. The minimum atomic E-state index is -1.36. The van der Waals surface area contributed by atoms with Gasteiger partial charge in [-0.05, 0) is 24.3 Å². The van der Waals surface area contributed by atoms with Gasteiger partial charge in [0.1, 0.15) is 30.1 Å². The van der Waals surface area contributed by atoms with Crippen LogP contribution in [0.5, 0.6) is 5.75 Å². The SMILES string of the molecule is CC(=O)N[C@H]1[C@@H](Oc2ccc(N3CCN(C(C)=O)CC3)cc2)O[C@@H](CO)[C@@H](O)[C@@H]1O. The van der Waals surface area contributed by atoms with Crippen molar-refractivity contribution in [2.75, 3.05) is 37.7 Å². The highest BCUT2D eigenvalue weighted by molar-refractivity contribution is 5.74. The van der Waals surface area contributed by atoms with Gasteiger partial charge in [0.25, 0.3) is 0 Å². The van der Waals surface area contributed by atoms with Crippen LogP contribution in [0, 0.1) is 0 Å². The molecule has 2 aliphatic heterocycles. The van der Waals surface area contributed by atoms with Gasteiger partial charge in [-0.2, -0.15) is 0 Å². The monoisotopic (exact) mass is 423 g/mol. The second-order valence-electron chi connectivity index (χ2n) is 7.54. The van der Waals surface area contributed by atoms with Crippen LogP contribution in [0.1, 0.15) is 13.8 Å². The Morgan fingerprint density at radius 3 is 2.27 bits per heavy atom. The van der Waals surface area contributed by atoms with Crippen LogP contribution >= 0.6 is 0 Å². The topological polar surface area (TPSA) is 132 Å². The summed E-state index contributed by atoms with van der Waals surface area (Å²) in [6.45, 7) is 5.16. The lowest BCUT2D eigenvalue weighted by Crippen LogP contribution is -2.65. The standard InChI is InChI=1S/C20H29N3O7/c1-12(25)21-17-19(28)18(27)16(11-24)30-20(17)29-15-5-3-14(4-6-15)23-9-7-22(8-10-23)13(2)26/h3-6,16-20,24,27-28H,7-11H2,1-2H3,(H,21,25)/t16-,17+,18+,19+,20-/m0/s1. The third kappa shape index (κ3) is 5.01. The number of piperazine rings is 1. The normalized spacial score (nSPS) is 29.4. The first kappa shape index (κ1) is 22.3.